The molecule has 0 bridgehead atoms. The Morgan fingerprint density at radius 3 is 2.50 bits per heavy atom. The molecule has 0 radical (unpaired) electrons. The van der Waals surface area contributed by atoms with Crippen molar-refractivity contribution in [1.29, 1.82) is 0 Å². The maximum absolute atomic E-state index is 12.9. The number of carbonyl (C=O) groups excluding carboxylic acids is 1. The summed E-state index contributed by atoms with van der Waals surface area (Å²) in [6.07, 6.45) is -5.25. The molecule has 0 spiro atoms. The van der Waals surface area contributed by atoms with E-state index in [2.05, 4.69) is 9.99 Å². The van der Waals surface area contributed by atoms with Gasteiger partial charge in [0.25, 0.3) is 0 Å². The van der Waals surface area contributed by atoms with Gasteiger partial charge >= 0.3 is 6.18 Å². The van der Waals surface area contributed by atoms with Crippen LogP contribution in [0.25, 0.3) is 10.8 Å². The minimum atomic E-state index is -4.66. The second-order valence-electron chi connectivity index (χ2n) is 4.58. The Morgan fingerprint density at radius 1 is 1.23 bits per heavy atom. The van der Waals surface area contributed by atoms with Crippen LogP contribution < -0.4 is 5.73 Å². The second kappa shape index (κ2) is 6.05. The van der Waals surface area contributed by atoms with Gasteiger partial charge in [0.2, 0.25) is 5.91 Å². The highest BCUT2D eigenvalue weighted by Crippen LogP contribution is 2.26. The van der Waals surface area contributed by atoms with E-state index in [0.717, 1.165) is 12.5 Å². The molecular formula is C15H13F3N2O2. The minimum absolute atomic E-state index is 0.0613. The number of fused-ring (bicyclic) bond motifs is 1. The Labute approximate surface area is 124 Å². The van der Waals surface area contributed by atoms with Crippen molar-refractivity contribution < 1.29 is 22.8 Å². The van der Waals surface area contributed by atoms with E-state index in [9.17, 15) is 18.0 Å². The topological polar surface area (TPSA) is 64.7 Å². The molecule has 2 aromatic rings. The first-order valence-corrected chi connectivity index (χ1v) is 6.32. The van der Waals surface area contributed by atoms with Gasteiger partial charge in [-0.25, -0.2) is 0 Å². The molecule has 0 aromatic heterocycles. The third-order valence-corrected chi connectivity index (χ3v) is 3.15. The van der Waals surface area contributed by atoms with Crippen molar-refractivity contribution in [2.75, 3.05) is 7.11 Å². The van der Waals surface area contributed by atoms with E-state index in [1.54, 1.807) is 30.3 Å². The fraction of sp³-hybridized carbons (Fsp3) is 0.200. The van der Waals surface area contributed by atoms with Crippen LogP contribution in [0.5, 0.6) is 0 Å². The van der Waals surface area contributed by atoms with E-state index in [0.29, 0.717) is 5.39 Å². The lowest BCUT2D eigenvalue weighted by atomic mass is 9.95. The monoisotopic (exact) mass is 310 g/mol. The van der Waals surface area contributed by atoms with Gasteiger partial charge in [0.1, 0.15) is 7.11 Å². The molecule has 4 nitrogen and oxygen atoms in total. The number of nitrogens with zero attached hydrogens (tertiary/aromatic N) is 1. The molecule has 0 atom stereocenters. The second-order valence-corrected chi connectivity index (χ2v) is 4.58. The largest absolute Gasteiger partial charge is 0.433 e. The van der Waals surface area contributed by atoms with Crippen LogP contribution in [0.3, 0.4) is 0 Å². The Balaban J connectivity index is 2.58. The van der Waals surface area contributed by atoms with Crippen molar-refractivity contribution in [3.63, 3.8) is 0 Å². The summed E-state index contributed by atoms with van der Waals surface area (Å²) in [7, 11) is 1.03. The Kier molecular flexibility index (Phi) is 4.35. The van der Waals surface area contributed by atoms with Crippen LogP contribution in [0.1, 0.15) is 15.9 Å². The van der Waals surface area contributed by atoms with Gasteiger partial charge < -0.3 is 10.6 Å². The van der Waals surface area contributed by atoms with Crippen LogP contribution in [-0.4, -0.2) is 24.9 Å². The molecule has 2 N–H and O–H groups in total. The lowest BCUT2D eigenvalue weighted by molar-refractivity contribution is -0.0630. The number of nitrogens with two attached hydrogens (primary N) is 1. The quantitative estimate of drug-likeness (QED) is 0.697. The molecule has 2 rings (SSSR count). The summed E-state index contributed by atoms with van der Waals surface area (Å²) in [4.78, 5) is 15.9. The molecule has 22 heavy (non-hydrogen) atoms. The van der Waals surface area contributed by atoms with Gasteiger partial charge in [-0.05, 0) is 16.3 Å². The van der Waals surface area contributed by atoms with Gasteiger partial charge in [0.05, 0.1) is 5.56 Å². The third kappa shape index (κ3) is 3.19. The fourth-order valence-corrected chi connectivity index (χ4v) is 2.23. The summed E-state index contributed by atoms with van der Waals surface area (Å²) in [5.41, 5.74) is 4.43. The summed E-state index contributed by atoms with van der Waals surface area (Å²) in [5.74, 6) is -0.786. The van der Waals surface area contributed by atoms with Crippen LogP contribution >= 0.6 is 0 Å². The van der Waals surface area contributed by atoms with Gasteiger partial charge in [-0.2, -0.15) is 13.2 Å². The molecular weight excluding hydrogens is 297 g/mol. The average molecular weight is 310 g/mol. The third-order valence-electron chi connectivity index (χ3n) is 3.15. The molecule has 0 aliphatic carbocycles. The number of hydrogen-bond donors (Lipinski definition) is 1. The first-order chi connectivity index (χ1) is 10.3. The number of primary amides is 1. The summed E-state index contributed by atoms with van der Waals surface area (Å²) in [5, 5.41) is 4.24. The maximum atomic E-state index is 12.9. The van der Waals surface area contributed by atoms with Crippen molar-refractivity contribution in [1.82, 2.24) is 0 Å². The Bertz CT molecular complexity index is 739. The molecule has 0 saturated heterocycles. The Hall–Kier alpha value is -2.57. The van der Waals surface area contributed by atoms with Gasteiger partial charge in [0.15, 0.2) is 5.71 Å². The number of oxime groups is 1. The average Bonchev–Trinajstić information content (AvgIpc) is 2.45. The van der Waals surface area contributed by atoms with Crippen LogP contribution in [0, 0.1) is 0 Å². The van der Waals surface area contributed by atoms with Gasteiger partial charge in [0, 0.05) is 6.42 Å². The van der Waals surface area contributed by atoms with E-state index in [1.165, 1.54) is 6.07 Å². The number of rotatable bonds is 4. The molecule has 1 amide bonds. The fourth-order valence-electron chi connectivity index (χ4n) is 2.23. The van der Waals surface area contributed by atoms with Crippen LogP contribution in [0.2, 0.25) is 0 Å². The van der Waals surface area contributed by atoms with Gasteiger partial charge in [-0.1, -0.05) is 41.6 Å². The van der Waals surface area contributed by atoms with E-state index in [4.69, 9.17) is 5.73 Å². The van der Waals surface area contributed by atoms with Crippen molar-refractivity contribution in [2.45, 2.75) is 12.6 Å². The van der Waals surface area contributed by atoms with E-state index < -0.39 is 24.2 Å². The number of halogens is 3. The van der Waals surface area contributed by atoms with E-state index in [-0.39, 0.29) is 11.1 Å². The molecule has 0 heterocycles. The lowest BCUT2D eigenvalue weighted by Crippen LogP contribution is -2.27. The highest BCUT2D eigenvalue weighted by molar-refractivity contribution is 6.08. The predicted octanol–water partition coefficient (Wildman–Crippen LogP) is 3.05. The van der Waals surface area contributed by atoms with Crippen molar-refractivity contribution in [3.8, 4) is 0 Å². The molecule has 0 aliphatic rings. The summed E-state index contributed by atoms with van der Waals surface area (Å²) in [6, 6.07) is 9.92. The van der Waals surface area contributed by atoms with Crippen molar-refractivity contribution in [3.05, 3.63) is 47.5 Å². The number of hydrogen-bond acceptors (Lipinski definition) is 3. The number of alkyl halides is 3. The zero-order valence-electron chi connectivity index (χ0n) is 11.6. The molecule has 116 valence electrons. The zero-order valence-corrected chi connectivity index (χ0v) is 11.6. The molecule has 0 saturated carbocycles. The van der Waals surface area contributed by atoms with E-state index >= 15 is 0 Å². The highest BCUT2D eigenvalue weighted by atomic mass is 19.4. The molecule has 7 heteroatoms. The highest BCUT2D eigenvalue weighted by Gasteiger charge is 2.37. The first-order valence-electron chi connectivity index (χ1n) is 6.32. The van der Waals surface area contributed by atoms with E-state index in [1.807, 2.05) is 0 Å². The summed E-state index contributed by atoms with van der Waals surface area (Å²) < 4.78 is 38.7. The van der Waals surface area contributed by atoms with Crippen LogP contribution in [0.4, 0.5) is 13.2 Å². The lowest BCUT2D eigenvalue weighted by Gasteiger charge is -2.13. The molecule has 0 aliphatic heterocycles. The normalized spacial score (nSPS) is 12.5. The molecule has 2 aromatic carbocycles. The van der Waals surface area contributed by atoms with Gasteiger partial charge in [-0.15, -0.1) is 0 Å². The molecule has 0 fully saturated rings. The summed E-state index contributed by atoms with van der Waals surface area (Å²) >= 11 is 0. The minimum Gasteiger partial charge on any atom is -0.399 e. The number of amides is 1. The van der Waals surface area contributed by atoms with Crippen molar-refractivity contribution in [2.24, 2.45) is 10.9 Å². The van der Waals surface area contributed by atoms with Crippen LogP contribution in [-0.2, 0) is 11.3 Å². The first kappa shape index (κ1) is 15.8. The Morgan fingerprint density at radius 2 is 1.91 bits per heavy atom. The summed E-state index contributed by atoms with van der Waals surface area (Å²) in [6.45, 7) is 0. The SMILES string of the molecule is CON=C(Cc1ccc2ccccc2c1C(N)=O)C(F)(F)F. The number of benzene rings is 2. The van der Waals surface area contributed by atoms with Crippen molar-refractivity contribution >= 4 is 22.4 Å². The standard InChI is InChI=1S/C15H13F3N2O2/c1-22-20-12(15(16,17)18)8-10-7-6-9-4-2-3-5-11(9)13(10)14(19)21/h2-7H,8H2,1H3,(H2,19,21). The molecule has 0 unspecified atom stereocenters. The van der Waals surface area contributed by atoms with Gasteiger partial charge in [-0.3, -0.25) is 4.79 Å². The predicted molar refractivity (Wildman–Crippen MR) is 76.7 cm³/mol. The smallest absolute Gasteiger partial charge is 0.399 e. The maximum Gasteiger partial charge on any atom is 0.433 e. The number of carbonyl (C=O) groups is 1. The van der Waals surface area contributed by atoms with Crippen LogP contribution in [0.15, 0.2) is 41.6 Å². The zero-order chi connectivity index (χ0) is 16.3.